The first kappa shape index (κ1) is 19.9. The van der Waals surface area contributed by atoms with Crippen LogP contribution in [0.2, 0.25) is 0 Å². The van der Waals surface area contributed by atoms with Crippen LogP contribution in [0.1, 0.15) is 31.7 Å². The number of piperidine rings is 1. The summed E-state index contributed by atoms with van der Waals surface area (Å²) in [5.41, 5.74) is 0.606. The second kappa shape index (κ2) is 8.78. The summed E-state index contributed by atoms with van der Waals surface area (Å²) >= 11 is 0. The monoisotopic (exact) mass is 367 g/mol. The van der Waals surface area contributed by atoms with Crippen LogP contribution < -0.4 is 5.32 Å². The van der Waals surface area contributed by atoms with Crippen molar-refractivity contribution < 1.29 is 13.2 Å². The van der Waals surface area contributed by atoms with Gasteiger partial charge in [0.15, 0.2) is 0 Å². The van der Waals surface area contributed by atoms with E-state index >= 15 is 0 Å². The smallest absolute Gasteiger partial charge is 0.242 e. The van der Waals surface area contributed by atoms with E-state index < -0.39 is 10.0 Å². The lowest BCUT2D eigenvalue weighted by molar-refractivity contribution is -0.122. The van der Waals surface area contributed by atoms with Gasteiger partial charge in [0.1, 0.15) is 0 Å². The van der Waals surface area contributed by atoms with Crippen LogP contribution in [0.4, 0.5) is 0 Å². The Bertz CT molecular complexity index is 689. The first-order valence-corrected chi connectivity index (χ1v) is 10.3. The molecule has 1 fully saturated rings. The summed E-state index contributed by atoms with van der Waals surface area (Å²) in [6.07, 6.45) is 3.52. The topological polar surface area (TPSA) is 69.7 Å². The van der Waals surface area contributed by atoms with Gasteiger partial charge < -0.3 is 5.32 Å². The zero-order valence-electron chi connectivity index (χ0n) is 15.4. The van der Waals surface area contributed by atoms with Gasteiger partial charge in [-0.05, 0) is 36.9 Å². The second-order valence-electron chi connectivity index (χ2n) is 6.82. The third-order valence-electron chi connectivity index (χ3n) is 4.75. The number of likely N-dealkylation sites (tertiary alicyclic amines) is 1. The van der Waals surface area contributed by atoms with Gasteiger partial charge in [-0.15, -0.1) is 0 Å². The van der Waals surface area contributed by atoms with Crippen LogP contribution in [0.25, 0.3) is 0 Å². The number of carbonyl (C=O) groups is 1. The van der Waals surface area contributed by atoms with Crippen molar-refractivity contribution in [3.63, 3.8) is 0 Å². The molecule has 1 saturated heterocycles. The molecule has 1 aromatic rings. The molecule has 7 heteroatoms. The minimum Gasteiger partial charge on any atom is -0.351 e. The SMILES string of the molecule is CCC1CCCN(CC(=O)NCc2ccccc2S(=O)(=O)N(C)C)C1. The summed E-state index contributed by atoms with van der Waals surface area (Å²) in [5.74, 6) is 0.612. The van der Waals surface area contributed by atoms with Crippen LogP contribution >= 0.6 is 0 Å². The average Bonchev–Trinajstić information content (AvgIpc) is 2.60. The summed E-state index contributed by atoms with van der Waals surface area (Å²) in [5, 5.41) is 2.87. The van der Waals surface area contributed by atoms with Crippen LogP contribution in [-0.2, 0) is 21.4 Å². The van der Waals surface area contributed by atoms with Crippen molar-refractivity contribution >= 4 is 15.9 Å². The van der Waals surface area contributed by atoms with Gasteiger partial charge in [0.2, 0.25) is 15.9 Å². The third-order valence-corrected chi connectivity index (χ3v) is 6.67. The predicted octanol–water partition coefficient (Wildman–Crippen LogP) is 1.68. The summed E-state index contributed by atoms with van der Waals surface area (Å²) < 4.78 is 26.0. The van der Waals surface area contributed by atoms with Gasteiger partial charge in [-0.1, -0.05) is 31.5 Å². The molecular weight excluding hydrogens is 338 g/mol. The number of nitrogens with zero attached hydrogens (tertiary/aromatic N) is 2. The normalized spacial score (nSPS) is 19.1. The van der Waals surface area contributed by atoms with Crippen LogP contribution in [0, 0.1) is 5.92 Å². The molecule has 1 atom stereocenters. The Morgan fingerprint density at radius 2 is 2.04 bits per heavy atom. The van der Waals surface area contributed by atoms with E-state index in [2.05, 4.69) is 17.1 Å². The molecular formula is C18H29N3O3S. The highest BCUT2D eigenvalue weighted by Crippen LogP contribution is 2.19. The molecule has 6 nitrogen and oxygen atoms in total. The van der Waals surface area contributed by atoms with Crippen molar-refractivity contribution in [1.82, 2.24) is 14.5 Å². The molecule has 1 N–H and O–H groups in total. The number of hydrogen-bond donors (Lipinski definition) is 1. The lowest BCUT2D eigenvalue weighted by atomic mass is 9.96. The molecule has 25 heavy (non-hydrogen) atoms. The molecule has 1 amide bonds. The van der Waals surface area contributed by atoms with Gasteiger partial charge in [0, 0.05) is 27.2 Å². The van der Waals surface area contributed by atoms with Crippen molar-refractivity contribution in [2.24, 2.45) is 5.92 Å². The lowest BCUT2D eigenvalue weighted by Gasteiger charge is -2.31. The number of rotatable bonds is 7. The van der Waals surface area contributed by atoms with Crippen LogP contribution in [-0.4, -0.2) is 57.3 Å². The third kappa shape index (κ3) is 5.26. The van der Waals surface area contributed by atoms with E-state index in [0.717, 1.165) is 25.9 Å². The van der Waals surface area contributed by atoms with E-state index in [9.17, 15) is 13.2 Å². The van der Waals surface area contributed by atoms with Crippen molar-refractivity contribution in [1.29, 1.82) is 0 Å². The van der Waals surface area contributed by atoms with Crippen molar-refractivity contribution in [2.75, 3.05) is 33.7 Å². The molecule has 1 aliphatic rings. The highest BCUT2D eigenvalue weighted by molar-refractivity contribution is 7.89. The molecule has 1 unspecified atom stereocenters. The number of hydrogen-bond acceptors (Lipinski definition) is 4. The Morgan fingerprint density at radius 1 is 1.32 bits per heavy atom. The Kier molecular flexibility index (Phi) is 6.98. The van der Waals surface area contributed by atoms with Crippen LogP contribution in [0.5, 0.6) is 0 Å². The average molecular weight is 368 g/mol. The maximum absolute atomic E-state index is 12.4. The maximum atomic E-state index is 12.4. The van der Waals surface area contributed by atoms with Gasteiger partial charge in [0.05, 0.1) is 11.4 Å². The zero-order chi connectivity index (χ0) is 18.4. The van der Waals surface area contributed by atoms with Gasteiger partial charge >= 0.3 is 0 Å². The highest BCUT2D eigenvalue weighted by Gasteiger charge is 2.22. The zero-order valence-corrected chi connectivity index (χ0v) is 16.2. The summed E-state index contributed by atoms with van der Waals surface area (Å²) in [6, 6.07) is 6.80. The standard InChI is InChI=1S/C18H29N3O3S/c1-4-15-8-7-11-21(13-15)14-18(22)19-12-16-9-5-6-10-17(16)25(23,24)20(2)3/h5-6,9-10,15H,4,7-8,11-14H2,1-3H3,(H,19,22). The minimum atomic E-state index is -3.52. The van der Waals surface area contributed by atoms with Crippen molar-refractivity contribution in [3.8, 4) is 0 Å². The Morgan fingerprint density at radius 3 is 2.72 bits per heavy atom. The van der Waals surface area contributed by atoms with E-state index in [0.29, 0.717) is 18.0 Å². The van der Waals surface area contributed by atoms with E-state index in [1.165, 1.54) is 24.8 Å². The molecule has 2 rings (SSSR count). The number of amides is 1. The van der Waals surface area contributed by atoms with E-state index in [1.807, 2.05) is 0 Å². The number of nitrogens with one attached hydrogen (secondary N) is 1. The van der Waals surface area contributed by atoms with Gasteiger partial charge in [-0.2, -0.15) is 0 Å². The van der Waals surface area contributed by atoms with E-state index in [1.54, 1.807) is 24.3 Å². The lowest BCUT2D eigenvalue weighted by Crippen LogP contribution is -2.42. The Hall–Kier alpha value is -1.44. The first-order chi connectivity index (χ1) is 11.8. The van der Waals surface area contributed by atoms with Gasteiger partial charge in [-0.25, -0.2) is 12.7 Å². The largest absolute Gasteiger partial charge is 0.351 e. The van der Waals surface area contributed by atoms with Crippen LogP contribution in [0.3, 0.4) is 0 Å². The summed E-state index contributed by atoms with van der Waals surface area (Å²) in [6.45, 7) is 4.70. The molecule has 0 bridgehead atoms. The number of benzene rings is 1. The fraction of sp³-hybridized carbons (Fsp3) is 0.611. The summed E-state index contributed by atoms with van der Waals surface area (Å²) in [7, 11) is -0.511. The maximum Gasteiger partial charge on any atom is 0.242 e. The Balaban J connectivity index is 1.96. The molecule has 0 aromatic heterocycles. The summed E-state index contributed by atoms with van der Waals surface area (Å²) in [4.78, 5) is 14.7. The molecule has 140 valence electrons. The molecule has 0 radical (unpaired) electrons. The fourth-order valence-corrected chi connectivity index (χ4v) is 4.29. The number of sulfonamides is 1. The molecule has 1 aromatic carbocycles. The van der Waals surface area contributed by atoms with E-state index in [-0.39, 0.29) is 17.3 Å². The molecule has 1 aliphatic heterocycles. The molecule has 0 spiro atoms. The first-order valence-electron chi connectivity index (χ1n) is 8.84. The highest BCUT2D eigenvalue weighted by atomic mass is 32.2. The predicted molar refractivity (Wildman–Crippen MR) is 98.6 cm³/mol. The quantitative estimate of drug-likeness (QED) is 0.796. The Labute approximate surface area is 151 Å². The van der Waals surface area contributed by atoms with Gasteiger partial charge in [-0.3, -0.25) is 9.69 Å². The molecule has 1 heterocycles. The minimum absolute atomic E-state index is 0.0613. The van der Waals surface area contributed by atoms with Crippen molar-refractivity contribution in [2.45, 2.75) is 37.6 Å². The fourth-order valence-electron chi connectivity index (χ4n) is 3.18. The van der Waals surface area contributed by atoms with E-state index in [4.69, 9.17) is 0 Å². The van der Waals surface area contributed by atoms with Crippen molar-refractivity contribution in [3.05, 3.63) is 29.8 Å². The van der Waals surface area contributed by atoms with Gasteiger partial charge in [0.25, 0.3) is 0 Å². The molecule has 0 saturated carbocycles. The molecule has 0 aliphatic carbocycles. The second-order valence-corrected chi connectivity index (χ2v) is 8.94. The number of carbonyl (C=O) groups excluding carboxylic acids is 1. The van der Waals surface area contributed by atoms with Crippen LogP contribution in [0.15, 0.2) is 29.2 Å².